The van der Waals surface area contributed by atoms with E-state index in [1.807, 2.05) is 13.0 Å². The van der Waals surface area contributed by atoms with Crippen LogP contribution in [0, 0.1) is 6.92 Å². The van der Waals surface area contributed by atoms with E-state index in [9.17, 15) is 4.79 Å². The van der Waals surface area contributed by atoms with Crippen LogP contribution in [0.2, 0.25) is 0 Å². The Balaban J connectivity index is 2.65. The Morgan fingerprint density at radius 2 is 2.08 bits per heavy atom. The van der Waals surface area contributed by atoms with Crippen molar-refractivity contribution in [2.24, 2.45) is 4.99 Å². The number of carbonyl (C=O) groups is 1. The topological polar surface area (TPSA) is 66.0 Å². The molecule has 1 rings (SSSR count). The number of guanidine groups is 1. The molecule has 0 spiro atoms. The highest BCUT2D eigenvalue weighted by Gasteiger charge is 2.06. The summed E-state index contributed by atoms with van der Waals surface area (Å²) in [6, 6.07) is 6.14. The van der Waals surface area contributed by atoms with Crippen molar-refractivity contribution in [3.63, 3.8) is 0 Å². The maximum Gasteiger partial charge on any atom is 0.241 e. The van der Waals surface area contributed by atoms with Gasteiger partial charge in [-0.2, -0.15) is 0 Å². The summed E-state index contributed by atoms with van der Waals surface area (Å²) in [6.45, 7) is 6.97. The molecule has 0 radical (unpaired) electrons. The number of halogens is 1. The first-order valence-electron chi connectivity index (χ1n) is 8.49. The molecular weight excluding hydrogens is 384 g/mol. The van der Waals surface area contributed by atoms with Gasteiger partial charge in [0.1, 0.15) is 0 Å². The lowest BCUT2D eigenvalue weighted by molar-refractivity contribution is -0.127. The minimum absolute atomic E-state index is 0.00337. The summed E-state index contributed by atoms with van der Waals surface area (Å²) < 4.78 is 6.39. The highest BCUT2D eigenvalue weighted by molar-refractivity contribution is 9.10. The Labute approximate surface area is 159 Å². The second-order valence-corrected chi connectivity index (χ2v) is 6.77. The van der Waals surface area contributed by atoms with E-state index < -0.39 is 0 Å². The Morgan fingerprint density at radius 1 is 1.32 bits per heavy atom. The zero-order valence-corrected chi connectivity index (χ0v) is 17.1. The fraction of sp³-hybridized carbons (Fsp3) is 0.556. The van der Waals surface area contributed by atoms with Gasteiger partial charge in [0.25, 0.3) is 0 Å². The molecule has 0 bridgehead atoms. The van der Waals surface area contributed by atoms with Crippen molar-refractivity contribution >= 4 is 27.8 Å². The first-order chi connectivity index (χ1) is 11.9. The molecule has 140 valence electrons. The molecule has 1 aromatic carbocycles. The molecule has 0 aromatic heterocycles. The van der Waals surface area contributed by atoms with Crippen molar-refractivity contribution in [1.29, 1.82) is 0 Å². The van der Waals surface area contributed by atoms with Gasteiger partial charge in [-0.1, -0.05) is 22.0 Å². The van der Waals surface area contributed by atoms with Crippen molar-refractivity contribution in [2.45, 2.75) is 26.8 Å². The summed E-state index contributed by atoms with van der Waals surface area (Å²) in [5.41, 5.74) is 2.33. The predicted octanol–water partition coefficient (Wildman–Crippen LogP) is 2.31. The molecular formula is C18H29BrN4O2. The molecule has 0 saturated heterocycles. The molecule has 1 aromatic rings. The average molecular weight is 413 g/mol. The predicted molar refractivity (Wildman–Crippen MR) is 106 cm³/mol. The monoisotopic (exact) mass is 412 g/mol. The van der Waals surface area contributed by atoms with Crippen LogP contribution in [0.4, 0.5) is 0 Å². The molecule has 1 amide bonds. The lowest BCUT2D eigenvalue weighted by atomic mass is 10.1. The van der Waals surface area contributed by atoms with Crippen LogP contribution in [-0.4, -0.2) is 57.2 Å². The highest BCUT2D eigenvalue weighted by atomic mass is 79.9. The molecule has 0 aliphatic carbocycles. The fourth-order valence-electron chi connectivity index (χ4n) is 2.02. The second kappa shape index (κ2) is 11.9. The molecule has 0 heterocycles. The maximum absolute atomic E-state index is 11.8. The minimum atomic E-state index is 0.00337. The quantitative estimate of drug-likeness (QED) is 0.371. The van der Waals surface area contributed by atoms with Crippen molar-refractivity contribution in [3.8, 4) is 0 Å². The Morgan fingerprint density at radius 3 is 2.72 bits per heavy atom. The minimum Gasteiger partial charge on any atom is -0.382 e. The SMILES string of the molecule is CCOCCCNC(=NCc1ccc(Br)cc1C)NCC(=O)N(C)C. The number of carbonyl (C=O) groups excluding carboxylic acids is 1. The summed E-state index contributed by atoms with van der Waals surface area (Å²) >= 11 is 3.47. The maximum atomic E-state index is 11.8. The number of ether oxygens (including phenoxy) is 1. The smallest absolute Gasteiger partial charge is 0.241 e. The van der Waals surface area contributed by atoms with Crippen LogP contribution in [0.15, 0.2) is 27.7 Å². The summed E-state index contributed by atoms with van der Waals surface area (Å²) in [4.78, 5) is 17.9. The van der Waals surface area contributed by atoms with E-state index in [1.165, 1.54) is 5.56 Å². The number of likely N-dealkylation sites (N-methyl/N-ethyl adjacent to an activating group) is 1. The zero-order valence-electron chi connectivity index (χ0n) is 15.6. The molecule has 0 aliphatic heterocycles. The van der Waals surface area contributed by atoms with E-state index in [1.54, 1.807) is 19.0 Å². The van der Waals surface area contributed by atoms with Gasteiger partial charge in [0.15, 0.2) is 5.96 Å². The third-order valence-electron chi connectivity index (χ3n) is 3.58. The average Bonchev–Trinajstić information content (AvgIpc) is 2.57. The van der Waals surface area contributed by atoms with E-state index in [2.05, 4.69) is 50.6 Å². The first kappa shape index (κ1) is 21.4. The van der Waals surface area contributed by atoms with E-state index in [-0.39, 0.29) is 12.5 Å². The lowest BCUT2D eigenvalue weighted by Gasteiger charge is -2.15. The normalized spacial score (nSPS) is 11.3. The molecule has 6 nitrogen and oxygen atoms in total. The van der Waals surface area contributed by atoms with Gasteiger partial charge in [-0.25, -0.2) is 4.99 Å². The zero-order chi connectivity index (χ0) is 18.7. The van der Waals surface area contributed by atoms with Crippen LogP contribution in [-0.2, 0) is 16.1 Å². The van der Waals surface area contributed by atoms with Crippen molar-refractivity contribution in [1.82, 2.24) is 15.5 Å². The molecule has 0 fully saturated rings. The van der Waals surface area contributed by atoms with Gasteiger partial charge in [-0.3, -0.25) is 4.79 Å². The Bertz CT molecular complexity index is 576. The van der Waals surface area contributed by atoms with Crippen molar-refractivity contribution < 1.29 is 9.53 Å². The van der Waals surface area contributed by atoms with E-state index in [0.717, 1.165) is 29.6 Å². The summed E-state index contributed by atoms with van der Waals surface area (Å²) in [5.74, 6) is 0.637. The molecule has 0 atom stereocenters. The summed E-state index contributed by atoms with van der Waals surface area (Å²) in [6.07, 6.45) is 0.882. The van der Waals surface area contributed by atoms with Crippen molar-refractivity contribution in [2.75, 3.05) is 40.4 Å². The van der Waals surface area contributed by atoms with Gasteiger partial charge < -0.3 is 20.3 Å². The standard InChI is InChI=1S/C18H29BrN4O2/c1-5-25-10-6-9-20-18(22-13-17(24)23(3)4)21-12-15-7-8-16(19)11-14(15)2/h7-8,11H,5-6,9-10,12-13H2,1-4H3,(H2,20,21,22). The van der Waals surface area contributed by atoms with Crippen LogP contribution in [0.25, 0.3) is 0 Å². The largest absolute Gasteiger partial charge is 0.382 e. The molecule has 0 saturated carbocycles. The van der Waals surface area contributed by atoms with Gasteiger partial charge >= 0.3 is 0 Å². The summed E-state index contributed by atoms with van der Waals surface area (Å²) in [5, 5.41) is 6.34. The number of hydrogen-bond donors (Lipinski definition) is 2. The van der Waals surface area contributed by atoms with Crippen LogP contribution in [0.5, 0.6) is 0 Å². The number of aliphatic imine (C=N–C) groups is 1. The number of amides is 1. The number of benzene rings is 1. The van der Waals surface area contributed by atoms with E-state index >= 15 is 0 Å². The van der Waals surface area contributed by atoms with Gasteiger partial charge in [0.2, 0.25) is 5.91 Å². The van der Waals surface area contributed by atoms with Crippen LogP contribution in [0.3, 0.4) is 0 Å². The number of aryl methyl sites for hydroxylation is 1. The molecule has 0 unspecified atom stereocenters. The fourth-order valence-corrected chi connectivity index (χ4v) is 2.49. The van der Waals surface area contributed by atoms with E-state index in [4.69, 9.17) is 4.74 Å². The third-order valence-corrected chi connectivity index (χ3v) is 4.07. The summed E-state index contributed by atoms with van der Waals surface area (Å²) in [7, 11) is 3.48. The number of hydrogen-bond acceptors (Lipinski definition) is 3. The van der Waals surface area contributed by atoms with Gasteiger partial charge in [-0.15, -0.1) is 0 Å². The molecule has 7 heteroatoms. The van der Waals surface area contributed by atoms with Crippen LogP contribution < -0.4 is 10.6 Å². The number of nitrogens with zero attached hydrogens (tertiary/aromatic N) is 2. The number of rotatable bonds is 9. The van der Waals surface area contributed by atoms with Crippen LogP contribution >= 0.6 is 15.9 Å². The van der Waals surface area contributed by atoms with Crippen molar-refractivity contribution in [3.05, 3.63) is 33.8 Å². The van der Waals surface area contributed by atoms with Crippen LogP contribution in [0.1, 0.15) is 24.5 Å². The molecule has 0 aliphatic rings. The highest BCUT2D eigenvalue weighted by Crippen LogP contribution is 2.16. The van der Waals surface area contributed by atoms with Gasteiger partial charge in [0, 0.05) is 38.3 Å². The third kappa shape index (κ3) is 8.88. The number of nitrogens with one attached hydrogen (secondary N) is 2. The van der Waals surface area contributed by atoms with Gasteiger partial charge in [0.05, 0.1) is 13.1 Å². The Kier molecular flexibility index (Phi) is 10.2. The van der Waals surface area contributed by atoms with Gasteiger partial charge in [-0.05, 0) is 43.5 Å². The molecule has 25 heavy (non-hydrogen) atoms. The van der Waals surface area contributed by atoms with E-state index in [0.29, 0.717) is 19.1 Å². The second-order valence-electron chi connectivity index (χ2n) is 5.85. The molecule has 2 N–H and O–H groups in total. The Hall–Kier alpha value is -1.60. The first-order valence-corrected chi connectivity index (χ1v) is 9.28. The lowest BCUT2D eigenvalue weighted by Crippen LogP contribution is -2.43.